The summed E-state index contributed by atoms with van der Waals surface area (Å²) in [5.74, 6) is 1.43. The van der Waals surface area contributed by atoms with Gasteiger partial charge in [0, 0.05) is 38.4 Å². The highest BCUT2D eigenvalue weighted by Gasteiger charge is 2.23. The number of rotatable bonds is 3. The number of hydrogen-bond acceptors (Lipinski definition) is 6. The van der Waals surface area contributed by atoms with Gasteiger partial charge in [-0.05, 0) is 25.7 Å². The molecule has 8 nitrogen and oxygen atoms in total. The van der Waals surface area contributed by atoms with E-state index in [1.54, 1.807) is 28.1 Å². The molecule has 0 aliphatic carbocycles. The molecule has 1 aliphatic rings. The van der Waals surface area contributed by atoms with Gasteiger partial charge in [-0.25, -0.2) is 15.0 Å². The minimum absolute atomic E-state index is 0.0605. The van der Waals surface area contributed by atoms with E-state index in [-0.39, 0.29) is 5.56 Å². The summed E-state index contributed by atoms with van der Waals surface area (Å²) in [6.45, 7) is 4.37. The minimum atomic E-state index is 0.0605. The number of piperidine rings is 1. The van der Waals surface area contributed by atoms with Crippen molar-refractivity contribution in [1.29, 1.82) is 0 Å². The molecular weight excluding hydrogens is 318 g/mol. The fourth-order valence-electron chi connectivity index (χ4n) is 3.50. The van der Waals surface area contributed by atoms with Gasteiger partial charge in [-0.1, -0.05) is 0 Å². The molecule has 1 aliphatic heterocycles. The molecule has 25 heavy (non-hydrogen) atoms. The molecule has 0 saturated carbocycles. The lowest BCUT2D eigenvalue weighted by Gasteiger charge is -2.33. The average Bonchev–Trinajstić information content (AvgIpc) is 3.01. The van der Waals surface area contributed by atoms with Crippen molar-refractivity contribution in [2.75, 3.05) is 18.0 Å². The van der Waals surface area contributed by atoms with E-state index in [9.17, 15) is 4.79 Å². The molecule has 0 unspecified atom stereocenters. The quantitative estimate of drug-likeness (QED) is 0.712. The van der Waals surface area contributed by atoms with Crippen LogP contribution in [0.1, 0.15) is 18.4 Å². The maximum atomic E-state index is 12.2. The highest BCUT2D eigenvalue weighted by molar-refractivity contribution is 5.86. The highest BCUT2D eigenvalue weighted by atomic mass is 16.1. The molecule has 0 amide bonds. The van der Waals surface area contributed by atoms with Crippen molar-refractivity contribution in [3.8, 4) is 0 Å². The van der Waals surface area contributed by atoms with Crippen LogP contribution in [0.2, 0.25) is 0 Å². The molecule has 8 heteroatoms. The lowest BCUT2D eigenvalue weighted by molar-refractivity contribution is 0.350. The first-order chi connectivity index (χ1) is 12.1. The summed E-state index contributed by atoms with van der Waals surface area (Å²) < 4.78 is 3.50. The lowest BCUT2D eigenvalue weighted by Crippen LogP contribution is -2.37. The summed E-state index contributed by atoms with van der Waals surface area (Å²) in [5.41, 5.74) is 1.61. The Morgan fingerprint density at radius 3 is 2.80 bits per heavy atom. The molecular formula is C17H21N7O. The average molecular weight is 339 g/mol. The van der Waals surface area contributed by atoms with E-state index in [4.69, 9.17) is 0 Å². The number of hydrogen-bond donors (Lipinski definition) is 0. The largest absolute Gasteiger partial charge is 0.356 e. The van der Waals surface area contributed by atoms with Crippen molar-refractivity contribution in [2.24, 2.45) is 13.0 Å². The van der Waals surface area contributed by atoms with Gasteiger partial charge in [0.15, 0.2) is 5.65 Å². The molecule has 0 spiro atoms. The van der Waals surface area contributed by atoms with Crippen LogP contribution in [0.5, 0.6) is 0 Å². The Labute approximate surface area is 145 Å². The van der Waals surface area contributed by atoms with Gasteiger partial charge in [0.25, 0.3) is 5.56 Å². The van der Waals surface area contributed by atoms with E-state index >= 15 is 0 Å². The Morgan fingerprint density at radius 1 is 1.20 bits per heavy atom. The van der Waals surface area contributed by atoms with Gasteiger partial charge >= 0.3 is 0 Å². The van der Waals surface area contributed by atoms with Gasteiger partial charge in [-0.15, -0.1) is 0 Å². The molecule has 4 rings (SSSR count). The van der Waals surface area contributed by atoms with Crippen molar-refractivity contribution in [1.82, 2.24) is 29.3 Å². The number of fused-ring (bicyclic) bond motifs is 1. The molecule has 1 fully saturated rings. The summed E-state index contributed by atoms with van der Waals surface area (Å²) >= 11 is 0. The molecule has 0 bridgehead atoms. The van der Waals surface area contributed by atoms with Crippen LogP contribution < -0.4 is 10.5 Å². The Hall–Kier alpha value is -2.77. The molecule has 1 saturated heterocycles. The Kier molecular flexibility index (Phi) is 3.95. The van der Waals surface area contributed by atoms with E-state index in [1.165, 1.54) is 0 Å². The second kappa shape index (κ2) is 6.27. The fourth-order valence-corrected chi connectivity index (χ4v) is 3.50. The van der Waals surface area contributed by atoms with E-state index < -0.39 is 0 Å². The minimum Gasteiger partial charge on any atom is -0.356 e. The predicted octanol–water partition coefficient (Wildman–Crippen LogP) is 1.15. The molecule has 0 N–H and O–H groups in total. The maximum absolute atomic E-state index is 12.2. The van der Waals surface area contributed by atoms with Gasteiger partial charge < -0.3 is 4.90 Å². The van der Waals surface area contributed by atoms with Gasteiger partial charge in [0.2, 0.25) is 0 Å². The van der Waals surface area contributed by atoms with Gasteiger partial charge in [0.05, 0.1) is 17.9 Å². The third-order valence-corrected chi connectivity index (χ3v) is 4.95. The first-order valence-electron chi connectivity index (χ1n) is 8.52. The maximum Gasteiger partial charge on any atom is 0.256 e. The van der Waals surface area contributed by atoms with E-state index in [1.807, 2.05) is 20.2 Å². The summed E-state index contributed by atoms with van der Waals surface area (Å²) in [5, 5.41) is 5.27. The van der Waals surface area contributed by atoms with Crippen LogP contribution in [0.4, 0.5) is 5.82 Å². The molecule has 3 aromatic heterocycles. The second-order valence-electron chi connectivity index (χ2n) is 6.67. The van der Waals surface area contributed by atoms with Crippen molar-refractivity contribution >= 4 is 16.9 Å². The van der Waals surface area contributed by atoms with Crippen LogP contribution in [-0.4, -0.2) is 42.4 Å². The third kappa shape index (κ3) is 2.88. The van der Waals surface area contributed by atoms with Crippen LogP contribution in [0.25, 0.3) is 11.0 Å². The zero-order valence-corrected chi connectivity index (χ0v) is 14.5. The van der Waals surface area contributed by atoms with Gasteiger partial charge in [0.1, 0.15) is 12.1 Å². The first kappa shape index (κ1) is 15.7. The fraction of sp³-hybridized carbons (Fsp3) is 0.471. The van der Waals surface area contributed by atoms with Crippen molar-refractivity contribution in [3.05, 3.63) is 41.0 Å². The number of aryl methyl sites for hydroxylation is 2. The van der Waals surface area contributed by atoms with Gasteiger partial charge in [-0.2, -0.15) is 5.10 Å². The summed E-state index contributed by atoms with van der Waals surface area (Å²) in [6, 6.07) is 0. The highest BCUT2D eigenvalue weighted by Crippen LogP contribution is 2.27. The summed E-state index contributed by atoms with van der Waals surface area (Å²) in [6.07, 6.45) is 8.73. The van der Waals surface area contributed by atoms with Crippen LogP contribution >= 0.6 is 0 Å². The smallest absolute Gasteiger partial charge is 0.256 e. The van der Waals surface area contributed by atoms with Crippen molar-refractivity contribution in [3.63, 3.8) is 0 Å². The molecule has 130 valence electrons. The predicted molar refractivity (Wildman–Crippen MR) is 94.5 cm³/mol. The van der Waals surface area contributed by atoms with E-state index in [0.29, 0.717) is 11.5 Å². The lowest BCUT2D eigenvalue weighted by atomic mass is 9.96. The zero-order valence-electron chi connectivity index (χ0n) is 14.5. The second-order valence-corrected chi connectivity index (χ2v) is 6.67. The third-order valence-electron chi connectivity index (χ3n) is 4.95. The molecule has 3 aromatic rings. The summed E-state index contributed by atoms with van der Waals surface area (Å²) in [4.78, 5) is 27.4. The van der Waals surface area contributed by atoms with Crippen molar-refractivity contribution in [2.45, 2.75) is 26.3 Å². The first-order valence-corrected chi connectivity index (χ1v) is 8.52. The monoisotopic (exact) mass is 339 g/mol. The topological polar surface area (TPSA) is 81.7 Å². The SMILES string of the molecule is Cc1cncn(CC2CCN(c3ncnc4c3cnn4C)CC2)c1=O. The number of aromatic nitrogens is 6. The molecule has 0 radical (unpaired) electrons. The van der Waals surface area contributed by atoms with Crippen LogP contribution in [-0.2, 0) is 13.6 Å². The van der Waals surface area contributed by atoms with Gasteiger partial charge in [-0.3, -0.25) is 14.0 Å². The number of nitrogens with zero attached hydrogens (tertiary/aromatic N) is 7. The van der Waals surface area contributed by atoms with Crippen LogP contribution in [0.3, 0.4) is 0 Å². The summed E-state index contributed by atoms with van der Waals surface area (Å²) in [7, 11) is 1.89. The Morgan fingerprint density at radius 2 is 2.00 bits per heavy atom. The Balaban J connectivity index is 1.48. The molecule has 0 aromatic carbocycles. The van der Waals surface area contributed by atoms with Crippen molar-refractivity contribution < 1.29 is 0 Å². The standard InChI is InChI=1S/C17H21N7O/c1-12-7-18-11-24(17(12)25)9-13-3-5-23(6-4-13)16-14-8-21-22(2)15(14)19-10-20-16/h7-8,10-11,13H,3-6,9H2,1-2H3. The molecule has 0 atom stereocenters. The van der Waals surface area contributed by atoms with Crippen LogP contribution in [0, 0.1) is 12.8 Å². The molecule has 4 heterocycles. The van der Waals surface area contributed by atoms with E-state index in [0.717, 1.165) is 49.3 Å². The normalized spacial score (nSPS) is 15.8. The Bertz CT molecular complexity index is 953. The zero-order chi connectivity index (χ0) is 17.4. The van der Waals surface area contributed by atoms with Crippen LogP contribution in [0.15, 0.2) is 29.8 Å². The number of anilines is 1. The van der Waals surface area contributed by atoms with E-state index in [2.05, 4.69) is 25.0 Å².